The van der Waals surface area contributed by atoms with Gasteiger partial charge in [-0.15, -0.1) is 0 Å². The van der Waals surface area contributed by atoms with E-state index in [9.17, 15) is 0 Å². The summed E-state index contributed by atoms with van der Waals surface area (Å²) in [6.07, 6.45) is 9.46. The molecule has 0 N–H and O–H groups in total. The molecule has 0 heterocycles. The fourth-order valence-corrected chi connectivity index (χ4v) is 1.64. The zero-order valence-electron chi connectivity index (χ0n) is 7.95. The highest BCUT2D eigenvalue weighted by Gasteiger charge is 2.17. The van der Waals surface area contributed by atoms with Gasteiger partial charge in [0.25, 0.3) is 0 Å². The van der Waals surface area contributed by atoms with Gasteiger partial charge in [-0.1, -0.05) is 70.7 Å². The van der Waals surface area contributed by atoms with Crippen molar-refractivity contribution >= 4 is 31.9 Å². The van der Waals surface area contributed by atoms with E-state index >= 15 is 0 Å². The highest BCUT2D eigenvalue weighted by molar-refractivity contribution is 9.12. The molecule has 0 fully saturated rings. The van der Waals surface area contributed by atoms with Crippen molar-refractivity contribution in [3.8, 4) is 0 Å². The molecule has 72 valence electrons. The number of rotatable bonds is 6. The number of hydrogen-bond acceptors (Lipinski definition) is 0. The maximum Gasteiger partial charge on any atom is 0.0530 e. The summed E-state index contributed by atoms with van der Waals surface area (Å²) in [5, 5.41) is 0.985. The van der Waals surface area contributed by atoms with E-state index in [0.717, 1.165) is 11.8 Å². The predicted molar refractivity (Wildman–Crippen MR) is 64.4 cm³/mol. The van der Waals surface area contributed by atoms with E-state index in [1.807, 2.05) is 0 Å². The Morgan fingerprint density at radius 3 is 2.42 bits per heavy atom. The van der Waals surface area contributed by atoms with Crippen LogP contribution in [0.15, 0.2) is 12.2 Å². The van der Waals surface area contributed by atoms with Crippen LogP contribution in [0.2, 0.25) is 0 Å². The summed E-state index contributed by atoms with van der Waals surface area (Å²) in [4.78, 5) is 0. The molecule has 0 aromatic heterocycles. The standard InChI is InChI=1S/C10H18Br2/c1-3-5-6-7-8-10(12,4-2)9-11/h7-8H,3-6,9H2,1-2H3. The minimum Gasteiger partial charge on any atom is -0.0909 e. The van der Waals surface area contributed by atoms with Crippen molar-refractivity contribution in [3.05, 3.63) is 12.2 Å². The first-order valence-corrected chi connectivity index (χ1v) is 6.52. The Hall–Kier alpha value is 0.700. The largest absolute Gasteiger partial charge is 0.0909 e. The maximum absolute atomic E-state index is 3.70. The highest BCUT2D eigenvalue weighted by atomic mass is 79.9. The third-order valence-corrected chi connectivity index (χ3v) is 4.81. The van der Waals surface area contributed by atoms with Crippen LogP contribution in [-0.2, 0) is 0 Å². The summed E-state index contributed by atoms with van der Waals surface area (Å²) in [6.45, 7) is 4.42. The summed E-state index contributed by atoms with van der Waals surface area (Å²) in [7, 11) is 0. The van der Waals surface area contributed by atoms with E-state index < -0.39 is 0 Å². The van der Waals surface area contributed by atoms with Gasteiger partial charge in [-0.05, 0) is 12.8 Å². The molecular weight excluding hydrogens is 280 g/mol. The second kappa shape index (κ2) is 7.14. The van der Waals surface area contributed by atoms with Crippen molar-refractivity contribution in [3.63, 3.8) is 0 Å². The Morgan fingerprint density at radius 2 is 2.00 bits per heavy atom. The van der Waals surface area contributed by atoms with Crippen molar-refractivity contribution in [2.24, 2.45) is 0 Å². The molecule has 0 amide bonds. The molecule has 0 aliphatic carbocycles. The van der Waals surface area contributed by atoms with Gasteiger partial charge < -0.3 is 0 Å². The molecule has 0 spiro atoms. The van der Waals surface area contributed by atoms with Crippen LogP contribution >= 0.6 is 31.9 Å². The molecule has 0 saturated carbocycles. The Morgan fingerprint density at radius 1 is 1.33 bits per heavy atom. The van der Waals surface area contributed by atoms with Crippen molar-refractivity contribution in [2.75, 3.05) is 5.33 Å². The summed E-state index contributed by atoms with van der Waals surface area (Å²) in [6, 6.07) is 0. The molecule has 0 radical (unpaired) electrons. The van der Waals surface area contributed by atoms with E-state index in [1.54, 1.807) is 0 Å². The Balaban J connectivity index is 3.76. The third-order valence-electron chi connectivity index (χ3n) is 1.95. The monoisotopic (exact) mass is 296 g/mol. The summed E-state index contributed by atoms with van der Waals surface area (Å²) in [5.74, 6) is 0. The molecule has 2 heteroatoms. The van der Waals surface area contributed by atoms with Crippen LogP contribution in [0, 0.1) is 0 Å². The van der Waals surface area contributed by atoms with Gasteiger partial charge in [-0.2, -0.15) is 0 Å². The van der Waals surface area contributed by atoms with Gasteiger partial charge in [0.05, 0.1) is 4.32 Å². The number of allylic oxidation sites excluding steroid dienone is 2. The van der Waals surface area contributed by atoms with Crippen molar-refractivity contribution < 1.29 is 0 Å². The normalized spacial score (nSPS) is 16.7. The summed E-state index contributed by atoms with van der Waals surface area (Å²) in [5.41, 5.74) is 0. The van der Waals surface area contributed by atoms with Gasteiger partial charge in [0, 0.05) is 5.33 Å². The minimum absolute atomic E-state index is 0.181. The van der Waals surface area contributed by atoms with Gasteiger partial charge in [0.1, 0.15) is 0 Å². The van der Waals surface area contributed by atoms with Crippen LogP contribution in [-0.4, -0.2) is 9.65 Å². The number of halogens is 2. The first-order valence-electron chi connectivity index (χ1n) is 4.61. The average molecular weight is 298 g/mol. The molecule has 1 atom stereocenters. The molecule has 0 bridgehead atoms. The molecule has 12 heavy (non-hydrogen) atoms. The Kier molecular flexibility index (Phi) is 7.55. The molecule has 0 saturated heterocycles. The van der Waals surface area contributed by atoms with Gasteiger partial charge in [0.15, 0.2) is 0 Å². The van der Waals surface area contributed by atoms with Crippen molar-refractivity contribution in [2.45, 2.75) is 43.9 Å². The molecule has 0 aromatic rings. The first-order chi connectivity index (χ1) is 5.68. The fourth-order valence-electron chi connectivity index (χ4n) is 0.873. The molecule has 1 unspecified atom stereocenters. The van der Waals surface area contributed by atoms with Crippen LogP contribution in [0.3, 0.4) is 0 Å². The number of unbranched alkanes of at least 4 members (excludes halogenated alkanes) is 2. The van der Waals surface area contributed by atoms with Crippen LogP contribution in [0.25, 0.3) is 0 Å². The third kappa shape index (κ3) is 5.36. The second-order valence-corrected chi connectivity index (χ2v) is 5.21. The lowest BCUT2D eigenvalue weighted by Gasteiger charge is -2.18. The Bertz CT molecular complexity index is 126. The molecule has 0 aromatic carbocycles. The zero-order chi connectivity index (χ0) is 9.45. The Labute approximate surface area is 93.1 Å². The number of alkyl halides is 2. The minimum atomic E-state index is 0.181. The molecule has 0 rings (SSSR count). The maximum atomic E-state index is 3.70. The zero-order valence-corrected chi connectivity index (χ0v) is 11.1. The van der Waals surface area contributed by atoms with E-state index in [2.05, 4.69) is 57.9 Å². The smallest absolute Gasteiger partial charge is 0.0530 e. The lowest BCUT2D eigenvalue weighted by atomic mass is 10.1. The summed E-state index contributed by atoms with van der Waals surface area (Å²) < 4.78 is 0.181. The van der Waals surface area contributed by atoms with E-state index in [4.69, 9.17) is 0 Å². The molecule has 0 aliphatic heterocycles. The molecular formula is C10H18Br2. The van der Waals surface area contributed by atoms with Crippen LogP contribution in [0.5, 0.6) is 0 Å². The lowest BCUT2D eigenvalue weighted by molar-refractivity contribution is 0.769. The van der Waals surface area contributed by atoms with E-state index in [-0.39, 0.29) is 4.32 Å². The number of hydrogen-bond donors (Lipinski definition) is 0. The van der Waals surface area contributed by atoms with Gasteiger partial charge in [0.2, 0.25) is 0 Å². The lowest BCUT2D eigenvalue weighted by Crippen LogP contribution is -2.17. The highest BCUT2D eigenvalue weighted by Crippen LogP contribution is 2.26. The SMILES string of the molecule is CCCCC=CC(Br)(CC)CBr. The topological polar surface area (TPSA) is 0 Å². The second-order valence-electron chi connectivity index (χ2n) is 3.07. The average Bonchev–Trinajstić information content (AvgIpc) is 2.12. The summed E-state index contributed by atoms with van der Waals surface area (Å²) >= 11 is 7.21. The van der Waals surface area contributed by atoms with Crippen molar-refractivity contribution in [1.82, 2.24) is 0 Å². The van der Waals surface area contributed by atoms with Crippen molar-refractivity contribution in [1.29, 1.82) is 0 Å². The van der Waals surface area contributed by atoms with Crippen LogP contribution in [0.4, 0.5) is 0 Å². The van der Waals surface area contributed by atoms with Gasteiger partial charge >= 0.3 is 0 Å². The fraction of sp³-hybridized carbons (Fsp3) is 0.800. The van der Waals surface area contributed by atoms with Gasteiger partial charge in [-0.25, -0.2) is 0 Å². The molecule has 0 aliphatic rings. The van der Waals surface area contributed by atoms with Gasteiger partial charge in [-0.3, -0.25) is 0 Å². The quantitative estimate of drug-likeness (QED) is 0.380. The first kappa shape index (κ1) is 12.7. The molecule has 0 nitrogen and oxygen atoms in total. The van der Waals surface area contributed by atoms with E-state index in [1.165, 1.54) is 19.3 Å². The van der Waals surface area contributed by atoms with E-state index in [0.29, 0.717) is 0 Å². The van der Waals surface area contributed by atoms with Crippen LogP contribution in [0.1, 0.15) is 39.5 Å². The van der Waals surface area contributed by atoms with Crippen LogP contribution < -0.4 is 0 Å². The predicted octanol–water partition coefficient (Wildman–Crippen LogP) is 4.67.